The summed E-state index contributed by atoms with van der Waals surface area (Å²) in [5, 5.41) is 13.1. The van der Waals surface area contributed by atoms with Gasteiger partial charge in [0, 0.05) is 16.7 Å². The lowest BCUT2D eigenvalue weighted by Crippen LogP contribution is -2.51. The summed E-state index contributed by atoms with van der Waals surface area (Å²) in [6, 6.07) is 8.62. The number of hydrogen-bond donors (Lipinski definition) is 3. The van der Waals surface area contributed by atoms with Crippen molar-refractivity contribution in [2.24, 2.45) is 5.73 Å². The largest absolute Gasteiger partial charge is 0.489 e. The lowest BCUT2D eigenvalue weighted by molar-refractivity contribution is -0.265. The summed E-state index contributed by atoms with van der Waals surface area (Å²) < 4.78 is 82.4. The Bertz CT molecular complexity index is 1530. The van der Waals surface area contributed by atoms with Crippen LogP contribution in [0.4, 0.5) is 22.0 Å². The van der Waals surface area contributed by atoms with Gasteiger partial charge in [-0.15, -0.1) is 0 Å². The van der Waals surface area contributed by atoms with Gasteiger partial charge >= 0.3 is 6.18 Å². The summed E-state index contributed by atoms with van der Waals surface area (Å²) in [6.07, 6.45) is -3.98. The van der Waals surface area contributed by atoms with Gasteiger partial charge in [-0.1, -0.05) is 0 Å². The molecule has 2 heterocycles. The van der Waals surface area contributed by atoms with E-state index in [4.69, 9.17) is 15.2 Å². The highest BCUT2D eigenvalue weighted by molar-refractivity contribution is 5.94. The summed E-state index contributed by atoms with van der Waals surface area (Å²) in [5.74, 6) is -3.65. The van der Waals surface area contributed by atoms with Crippen LogP contribution in [-0.4, -0.2) is 47.3 Å². The first-order chi connectivity index (χ1) is 19.2. The molecule has 3 aromatic rings. The molecule has 0 saturated heterocycles. The number of benzene rings is 2. The number of carbonyl (C=O) groups is 2. The van der Waals surface area contributed by atoms with Crippen LogP contribution in [0.15, 0.2) is 48.5 Å². The summed E-state index contributed by atoms with van der Waals surface area (Å²) in [5.41, 5.74) is -1.23. The van der Waals surface area contributed by atoms with Crippen molar-refractivity contribution in [1.82, 2.24) is 10.3 Å². The van der Waals surface area contributed by atoms with Crippen LogP contribution in [0.2, 0.25) is 0 Å². The number of pyridine rings is 1. The van der Waals surface area contributed by atoms with E-state index >= 15 is 0 Å². The number of aliphatic hydroxyl groups is 1. The first-order valence-corrected chi connectivity index (χ1v) is 12.5. The first kappa shape index (κ1) is 28.3. The molecular formula is C28H24F5N3O5. The second kappa shape index (κ2) is 9.98. The van der Waals surface area contributed by atoms with Crippen LogP contribution in [0.25, 0.3) is 11.3 Å². The molecule has 1 saturated carbocycles. The minimum absolute atomic E-state index is 0.0563. The molecule has 2 aromatic carbocycles. The Morgan fingerprint density at radius 3 is 2.41 bits per heavy atom. The number of nitrogens with zero attached hydrogens (tertiary/aromatic N) is 1. The van der Waals surface area contributed by atoms with E-state index in [1.807, 2.05) is 5.32 Å². The van der Waals surface area contributed by atoms with E-state index in [9.17, 15) is 36.6 Å². The fourth-order valence-electron chi connectivity index (χ4n) is 4.35. The molecule has 216 valence electrons. The standard InChI is InChI=1S/C28H24F5N3O5/c1-26(25(34)38)13-40-23-18(26)11-21(36-22(23)14-2-5-16(29)6-3-14)27(39,28(31,32)33)12-35-24(37)15-4-9-20(19(30)10-15)41-17-7-8-17/h2-6,9-11,17,39H,7-8,12-13H2,1H3,(H2,34,38)(H,35,37)/t26-,27-/m0/s1. The van der Waals surface area contributed by atoms with E-state index in [0.717, 1.165) is 37.1 Å². The third kappa shape index (κ3) is 5.17. The molecule has 0 radical (unpaired) electrons. The Labute approximate surface area is 230 Å². The van der Waals surface area contributed by atoms with Crippen molar-refractivity contribution in [1.29, 1.82) is 0 Å². The Morgan fingerprint density at radius 1 is 1.15 bits per heavy atom. The molecule has 1 aliphatic carbocycles. The van der Waals surface area contributed by atoms with Crippen LogP contribution < -0.4 is 20.5 Å². The van der Waals surface area contributed by atoms with Crippen molar-refractivity contribution < 1.29 is 46.1 Å². The van der Waals surface area contributed by atoms with Crippen LogP contribution in [0.5, 0.6) is 11.5 Å². The van der Waals surface area contributed by atoms with Crippen LogP contribution in [-0.2, 0) is 15.8 Å². The van der Waals surface area contributed by atoms with Crippen molar-refractivity contribution in [3.63, 3.8) is 0 Å². The molecule has 13 heteroatoms. The maximum Gasteiger partial charge on any atom is 0.424 e. The Morgan fingerprint density at radius 2 is 1.83 bits per heavy atom. The second-order valence-corrected chi connectivity index (χ2v) is 10.2. The first-order valence-electron chi connectivity index (χ1n) is 12.5. The van der Waals surface area contributed by atoms with E-state index in [1.165, 1.54) is 31.2 Å². The van der Waals surface area contributed by atoms with Gasteiger partial charge in [-0.3, -0.25) is 9.59 Å². The fourth-order valence-corrected chi connectivity index (χ4v) is 4.35. The monoisotopic (exact) mass is 577 g/mol. The molecule has 4 N–H and O–H groups in total. The maximum absolute atomic E-state index is 14.5. The highest BCUT2D eigenvalue weighted by Gasteiger charge is 2.57. The van der Waals surface area contributed by atoms with E-state index in [0.29, 0.717) is 0 Å². The van der Waals surface area contributed by atoms with Gasteiger partial charge in [0.1, 0.15) is 29.3 Å². The zero-order valence-electron chi connectivity index (χ0n) is 21.5. The molecule has 0 unspecified atom stereocenters. The van der Waals surface area contributed by atoms with Crippen LogP contribution >= 0.6 is 0 Å². The average molecular weight is 578 g/mol. The third-order valence-electron chi connectivity index (χ3n) is 7.14. The Balaban J connectivity index is 1.53. The molecule has 1 fully saturated rings. The van der Waals surface area contributed by atoms with Gasteiger partial charge in [0.05, 0.1) is 18.3 Å². The molecule has 1 aliphatic heterocycles. The summed E-state index contributed by atoms with van der Waals surface area (Å²) in [4.78, 5) is 29.0. The average Bonchev–Trinajstić information content (AvgIpc) is 3.68. The Hall–Kier alpha value is -4.26. The van der Waals surface area contributed by atoms with E-state index in [1.54, 1.807) is 0 Å². The number of carbonyl (C=O) groups excluding carboxylic acids is 2. The van der Waals surface area contributed by atoms with Crippen molar-refractivity contribution in [2.75, 3.05) is 13.2 Å². The molecule has 2 aliphatic rings. The number of alkyl halides is 3. The van der Waals surface area contributed by atoms with Gasteiger partial charge in [0.2, 0.25) is 11.5 Å². The number of amides is 2. The van der Waals surface area contributed by atoms with Gasteiger partial charge in [-0.05, 0) is 68.3 Å². The van der Waals surface area contributed by atoms with Gasteiger partial charge in [0.15, 0.2) is 11.6 Å². The normalized spacial score (nSPS) is 19.6. The number of fused-ring (bicyclic) bond motifs is 1. The highest BCUT2D eigenvalue weighted by atomic mass is 19.4. The van der Waals surface area contributed by atoms with Crippen molar-refractivity contribution in [3.8, 4) is 22.8 Å². The zero-order valence-corrected chi connectivity index (χ0v) is 21.5. The molecule has 8 nitrogen and oxygen atoms in total. The molecule has 0 bridgehead atoms. The summed E-state index contributed by atoms with van der Waals surface area (Å²) in [7, 11) is 0. The number of hydrogen-bond acceptors (Lipinski definition) is 6. The van der Waals surface area contributed by atoms with Gasteiger partial charge in [-0.25, -0.2) is 13.8 Å². The zero-order chi connectivity index (χ0) is 29.7. The van der Waals surface area contributed by atoms with E-state index in [-0.39, 0.29) is 46.6 Å². The minimum Gasteiger partial charge on any atom is -0.489 e. The molecule has 5 rings (SSSR count). The lowest BCUT2D eigenvalue weighted by Gasteiger charge is -2.31. The maximum atomic E-state index is 14.5. The Kier molecular flexibility index (Phi) is 6.88. The number of rotatable bonds is 8. The quantitative estimate of drug-likeness (QED) is 0.349. The molecule has 1 aromatic heterocycles. The minimum atomic E-state index is -5.39. The van der Waals surface area contributed by atoms with Crippen LogP contribution in [0.3, 0.4) is 0 Å². The fraction of sp³-hybridized carbons (Fsp3) is 0.321. The molecule has 0 spiro atoms. The smallest absolute Gasteiger partial charge is 0.424 e. The van der Waals surface area contributed by atoms with Crippen molar-refractivity contribution in [3.05, 3.63) is 77.0 Å². The number of nitrogens with one attached hydrogen (secondary N) is 1. The van der Waals surface area contributed by atoms with Crippen molar-refractivity contribution >= 4 is 11.8 Å². The molecular weight excluding hydrogens is 553 g/mol. The van der Waals surface area contributed by atoms with Crippen LogP contribution in [0, 0.1) is 11.6 Å². The number of primary amides is 1. The topological polar surface area (TPSA) is 124 Å². The van der Waals surface area contributed by atoms with Gasteiger partial charge < -0.3 is 25.6 Å². The molecule has 2 amide bonds. The van der Waals surface area contributed by atoms with Crippen molar-refractivity contribution in [2.45, 2.75) is 43.1 Å². The van der Waals surface area contributed by atoms with Gasteiger partial charge in [0.25, 0.3) is 5.91 Å². The number of nitrogens with two attached hydrogens (primary N) is 1. The number of aromatic nitrogens is 1. The predicted octanol–water partition coefficient (Wildman–Crippen LogP) is 3.88. The SMILES string of the molecule is C[C@]1(C(N)=O)COc2c1cc([C@@](O)(CNC(=O)c1ccc(OC3CC3)c(F)c1)C(F)(F)F)nc2-c1ccc(F)cc1. The predicted molar refractivity (Wildman–Crippen MR) is 134 cm³/mol. The number of halogens is 5. The van der Waals surface area contributed by atoms with E-state index < -0.39 is 52.9 Å². The van der Waals surface area contributed by atoms with E-state index in [2.05, 4.69) is 4.98 Å². The highest BCUT2D eigenvalue weighted by Crippen LogP contribution is 2.47. The second-order valence-electron chi connectivity index (χ2n) is 10.2. The van der Waals surface area contributed by atoms with Gasteiger partial charge in [-0.2, -0.15) is 13.2 Å². The lowest BCUT2D eigenvalue weighted by atomic mass is 9.81. The number of ether oxygens (including phenoxy) is 2. The summed E-state index contributed by atoms with van der Waals surface area (Å²) in [6.45, 7) is -0.372. The molecule has 41 heavy (non-hydrogen) atoms. The third-order valence-corrected chi connectivity index (χ3v) is 7.14. The summed E-state index contributed by atoms with van der Waals surface area (Å²) >= 11 is 0. The molecule has 2 atom stereocenters. The van der Waals surface area contributed by atoms with Crippen LogP contribution in [0.1, 0.15) is 41.4 Å².